The van der Waals surface area contributed by atoms with Gasteiger partial charge in [0.1, 0.15) is 18.2 Å². The van der Waals surface area contributed by atoms with E-state index in [1.54, 1.807) is 12.1 Å². The number of aromatic nitrogens is 2. The molecule has 8 nitrogen and oxygen atoms in total. The average Bonchev–Trinajstić information content (AvgIpc) is 3.34. The second-order valence-corrected chi connectivity index (χ2v) is 10.7. The van der Waals surface area contributed by atoms with E-state index >= 15 is 0 Å². The Morgan fingerprint density at radius 3 is 2.33 bits per heavy atom. The summed E-state index contributed by atoms with van der Waals surface area (Å²) >= 11 is 0. The van der Waals surface area contributed by atoms with Crippen molar-refractivity contribution in [2.75, 3.05) is 34.5 Å². The number of imidazole rings is 1. The minimum Gasteiger partial charge on any atom is -0.493 e. The van der Waals surface area contributed by atoms with E-state index in [2.05, 4.69) is 67.1 Å². The van der Waals surface area contributed by atoms with Gasteiger partial charge in [-0.15, -0.1) is 0 Å². The van der Waals surface area contributed by atoms with E-state index in [1.807, 2.05) is 6.07 Å². The molecule has 42 heavy (non-hydrogen) atoms. The van der Waals surface area contributed by atoms with Crippen molar-refractivity contribution in [3.05, 3.63) is 77.1 Å². The Hall–Kier alpha value is -4.20. The van der Waals surface area contributed by atoms with Crippen molar-refractivity contribution in [1.29, 1.82) is 0 Å². The highest BCUT2D eigenvalue weighted by Crippen LogP contribution is 2.38. The standard InChI is InChI=1S/C34H43N3O5/c1-23(2)26-16-15-24(3)20-29(26)42-19-18-37-28-13-10-9-12-27(28)36-32(37)14-8-7-11-17-35-34(38)25-21-30(39-4)33(41-6)31(22-25)40-5/h9-10,12-13,15-16,20-23H,7-8,11,14,17-19H2,1-6H3,(H,35,38). The summed E-state index contributed by atoms with van der Waals surface area (Å²) in [6.45, 7) is 8.36. The van der Waals surface area contributed by atoms with Crippen LogP contribution in [0.4, 0.5) is 0 Å². The zero-order valence-corrected chi connectivity index (χ0v) is 25.7. The first-order chi connectivity index (χ1) is 20.4. The molecular formula is C34H43N3O5. The minimum absolute atomic E-state index is 0.176. The molecule has 1 N–H and O–H groups in total. The van der Waals surface area contributed by atoms with Crippen molar-refractivity contribution in [3.63, 3.8) is 0 Å². The van der Waals surface area contributed by atoms with E-state index in [-0.39, 0.29) is 5.91 Å². The van der Waals surface area contributed by atoms with Crippen LogP contribution in [-0.4, -0.2) is 49.9 Å². The molecular weight excluding hydrogens is 530 g/mol. The van der Waals surface area contributed by atoms with Crippen molar-refractivity contribution in [2.24, 2.45) is 0 Å². The van der Waals surface area contributed by atoms with Crippen LogP contribution in [0.2, 0.25) is 0 Å². The summed E-state index contributed by atoms with van der Waals surface area (Å²) in [5.41, 5.74) is 5.02. The molecule has 224 valence electrons. The lowest BCUT2D eigenvalue weighted by molar-refractivity contribution is 0.0952. The molecule has 4 aromatic rings. The molecule has 1 heterocycles. The third kappa shape index (κ3) is 7.35. The maximum Gasteiger partial charge on any atom is 0.251 e. The zero-order valence-electron chi connectivity index (χ0n) is 25.7. The van der Waals surface area contributed by atoms with Crippen LogP contribution < -0.4 is 24.3 Å². The van der Waals surface area contributed by atoms with E-state index in [1.165, 1.54) is 32.5 Å². The van der Waals surface area contributed by atoms with Gasteiger partial charge in [0.2, 0.25) is 5.75 Å². The van der Waals surface area contributed by atoms with Gasteiger partial charge in [0.05, 0.1) is 38.9 Å². The number of ether oxygens (including phenoxy) is 4. The second-order valence-electron chi connectivity index (χ2n) is 10.7. The molecule has 0 bridgehead atoms. The van der Waals surface area contributed by atoms with E-state index in [9.17, 15) is 4.79 Å². The number of fused-ring (bicyclic) bond motifs is 1. The molecule has 0 saturated carbocycles. The summed E-state index contributed by atoms with van der Waals surface area (Å²) in [6, 6.07) is 18.0. The molecule has 0 radical (unpaired) electrons. The lowest BCUT2D eigenvalue weighted by Gasteiger charge is -2.16. The molecule has 0 fully saturated rings. The smallest absolute Gasteiger partial charge is 0.251 e. The fourth-order valence-corrected chi connectivity index (χ4v) is 5.16. The van der Waals surface area contributed by atoms with E-state index in [0.717, 1.165) is 54.8 Å². The Bertz CT molecular complexity index is 1470. The van der Waals surface area contributed by atoms with Gasteiger partial charge in [-0.1, -0.05) is 44.5 Å². The fourth-order valence-electron chi connectivity index (χ4n) is 5.16. The summed E-state index contributed by atoms with van der Waals surface area (Å²) in [6.07, 6.45) is 3.66. The van der Waals surface area contributed by atoms with Crippen LogP contribution >= 0.6 is 0 Å². The number of aryl methyl sites for hydroxylation is 2. The molecule has 8 heteroatoms. The number of carbonyl (C=O) groups is 1. The van der Waals surface area contributed by atoms with E-state index in [4.69, 9.17) is 23.9 Å². The quantitative estimate of drug-likeness (QED) is 0.159. The monoisotopic (exact) mass is 573 g/mol. The summed E-state index contributed by atoms with van der Waals surface area (Å²) in [7, 11) is 4.61. The third-order valence-corrected chi connectivity index (χ3v) is 7.39. The van der Waals surface area contributed by atoms with Crippen LogP contribution in [0.25, 0.3) is 11.0 Å². The van der Waals surface area contributed by atoms with Crippen LogP contribution in [0.3, 0.4) is 0 Å². The second kappa shape index (κ2) is 14.6. The topological polar surface area (TPSA) is 83.8 Å². The molecule has 0 spiro atoms. The number of unbranched alkanes of at least 4 members (excludes halogenated alkanes) is 2. The van der Waals surface area contributed by atoms with Crippen LogP contribution in [-0.2, 0) is 13.0 Å². The predicted octanol–water partition coefficient (Wildman–Crippen LogP) is 6.72. The lowest BCUT2D eigenvalue weighted by atomic mass is 10.0. The summed E-state index contributed by atoms with van der Waals surface area (Å²) < 4.78 is 24.7. The van der Waals surface area contributed by atoms with Gasteiger partial charge in [0.15, 0.2) is 11.5 Å². The van der Waals surface area contributed by atoms with Gasteiger partial charge >= 0.3 is 0 Å². The van der Waals surface area contributed by atoms with Crippen LogP contribution in [0.5, 0.6) is 23.0 Å². The average molecular weight is 574 g/mol. The molecule has 1 aromatic heterocycles. The normalized spacial score (nSPS) is 11.1. The van der Waals surface area contributed by atoms with Crippen molar-refractivity contribution in [3.8, 4) is 23.0 Å². The number of hydrogen-bond donors (Lipinski definition) is 1. The maximum absolute atomic E-state index is 12.8. The molecule has 1 amide bonds. The Morgan fingerprint density at radius 2 is 1.64 bits per heavy atom. The Labute approximate surface area is 249 Å². The number of benzene rings is 3. The molecule has 0 unspecified atom stereocenters. The van der Waals surface area contributed by atoms with Crippen molar-refractivity contribution in [1.82, 2.24) is 14.9 Å². The number of hydrogen-bond acceptors (Lipinski definition) is 6. The number of carbonyl (C=O) groups excluding carboxylic acids is 1. The molecule has 0 aliphatic rings. The highest BCUT2D eigenvalue weighted by Gasteiger charge is 2.17. The summed E-state index contributed by atoms with van der Waals surface area (Å²) in [4.78, 5) is 17.7. The predicted molar refractivity (Wildman–Crippen MR) is 166 cm³/mol. The van der Waals surface area contributed by atoms with Crippen molar-refractivity contribution < 1.29 is 23.7 Å². The van der Waals surface area contributed by atoms with Crippen LogP contribution in [0.1, 0.15) is 66.3 Å². The number of amides is 1. The first kappa shape index (κ1) is 30.8. The first-order valence-electron chi connectivity index (χ1n) is 14.6. The third-order valence-electron chi connectivity index (χ3n) is 7.39. The molecule has 4 rings (SSSR count). The number of nitrogens with one attached hydrogen (secondary N) is 1. The van der Waals surface area contributed by atoms with Crippen molar-refractivity contribution >= 4 is 16.9 Å². The van der Waals surface area contributed by atoms with Gasteiger partial charge in [0.25, 0.3) is 5.91 Å². The molecule has 3 aromatic carbocycles. The number of rotatable bonds is 15. The maximum atomic E-state index is 12.8. The van der Waals surface area contributed by atoms with Gasteiger partial charge < -0.3 is 28.8 Å². The molecule has 0 atom stereocenters. The highest BCUT2D eigenvalue weighted by atomic mass is 16.5. The largest absolute Gasteiger partial charge is 0.493 e. The summed E-state index contributed by atoms with van der Waals surface area (Å²) in [5, 5.41) is 3.00. The van der Waals surface area contributed by atoms with Gasteiger partial charge in [-0.3, -0.25) is 4.79 Å². The Kier molecular flexibility index (Phi) is 10.7. The van der Waals surface area contributed by atoms with Crippen molar-refractivity contribution in [2.45, 2.75) is 58.9 Å². The zero-order chi connectivity index (χ0) is 30.1. The molecule has 0 aliphatic heterocycles. The van der Waals surface area contributed by atoms with Gasteiger partial charge in [-0.05, 0) is 67.1 Å². The molecule has 0 aliphatic carbocycles. The first-order valence-corrected chi connectivity index (χ1v) is 14.6. The lowest BCUT2D eigenvalue weighted by Crippen LogP contribution is -2.24. The van der Waals surface area contributed by atoms with Gasteiger partial charge in [0, 0.05) is 18.5 Å². The minimum atomic E-state index is -0.176. The number of para-hydroxylation sites is 2. The summed E-state index contributed by atoms with van der Waals surface area (Å²) in [5.74, 6) is 3.62. The van der Waals surface area contributed by atoms with Gasteiger partial charge in [-0.2, -0.15) is 0 Å². The van der Waals surface area contributed by atoms with Gasteiger partial charge in [-0.25, -0.2) is 4.98 Å². The van der Waals surface area contributed by atoms with Crippen LogP contribution in [0.15, 0.2) is 54.6 Å². The SMILES string of the molecule is COc1cc(C(=O)NCCCCCc2nc3ccccc3n2CCOc2cc(C)ccc2C(C)C)cc(OC)c1OC. The Morgan fingerprint density at radius 1 is 0.905 bits per heavy atom. The van der Waals surface area contributed by atoms with Crippen LogP contribution in [0, 0.1) is 6.92 Å². The Balaban J connectivity index is 1.31. The highest BCUT2D eigenvalue weighted by molar-refractivity contribution is 5.95. The molecule has 0 saturated heterocycles. The fraction of sp³-hybridized carbons (Fsp3) is 0.412. The van der Waals surface area contributed by atoms with E-state index < -0.39 is 0 Å². The van der Waals surface area contributed by atoms with E-state index in [0.29, 0.717) is 41.9 Å². The number of methoxy groups -OCH3 is 3. The number of nitrogens with zero attached hydrogens (tertiary/aromatic N) is 2.